The Morgan fingerprint density at radius 3 is 2.50 bits per heavy atom. The van der Waals surface area contributed by atoms with E-state index in [4.69, 9.17) is 9.16 Å². The first-order chi connectivity index (χ1) is 8.38. The smallest absolute Gasteiger partial charge is 0.229 e. The van der Waals surface area contributed by atoms with Crippen molar-refractivity contribution >= 4 is 9.04 Å². The van der Waals surface area contributed by atoms with Crippen molar-refractivity contribution in [2.75, 3.05) is 6.61 Å². The molecule has 1 unspecified atom stereocenters. The van der Waals surface area contributed by atoms with Gasteiger partial charge >= 0.3 is 0 Å². The van der Waals surface area contributed by atoms with Gasteiger partial charge in [0.25, 0.3) is 0 Å². The Bertz CT molecular complexity index is 395. The molecule has 0 aliphatic carbocycles. The molecule has 1 aliphatic rings. The fraction of sp³-hybridized carbons (Fsp3) is 0.600. The average molecular weight is 264 g/mol. The van der Waals surface area contributed by atoms with Crippen molar-refractivity contribution in [3.05, 3.63) is 29.3 Å². The second kappa shape index (κ2) is 5.06. The van der Waals surface area contributed by atoms with E-state index in [1.165, 1.54) is 11.1 Å². The number of ether oxygens (including phenoxy) is 1. The van der Waals surface area contributed by atoms with E-state index in [2.05, 4.69) is 52.1 Å². The number of benzene rings is 1. The fourth-order valence-corrected chi connectivity index (χ4v) is 3.09. The highest BCUT2D eigenvalue weighted by molar-refractivity contribution is 6.49. The number of rotatable bonds is 4. The van der Waals surface area contributed by atoms with Crippen LogP contribution in [-0.2, 0) is 16.6 Å². The van der Waals surface area contributed by atoms with Crippen molar-refractivity contribution in [3.63, 3.8) is 0 Å². The van der Waals surface area contributed by atoms with Gasteiger partial charge in [-0.1, -0.05) is 32.9 Å². The highest BCUT2D eigenvalue weighted by atomic mass is 28.3. The summed E-state index contributed by atoms with van der Waals surface area (Å²) in [5.74, 6) is 1.09. The van der Waals surface area contributed by atoms with Crippen LogP contribution in [-0.4, -0.2) is 21.8 Å². The summed E-state index contributed by atoms with van der Waals surface area (Å²) in [7, 11) is -1.07. The van der Waals surface area contributed by atoms with Gasteiger partial charge in [0.05, 0.1) is 12.7 Å². The lowest BCUT2D eigenvalue weighted by atomic mass is 9.82. The fourth-order valence-electron chi connectivity index (χ4n) is 2.38. The molecule has 0 spiro atoms. The summed E-state index contributed by atoms with van der Waals surface area (Å²) in [6.07, 6.45) is 1.45. The lowest BCUT2D eigenvalue weighted by Gasteiger charge is -2.27. The van der Waals surface area contributed by atoms with E-state index in [9.17, 15) is 0 Å². The van der Waals surface area contributed by atoms with Crippen molar-refractivity contribution in [1.82, 2.24) is 0 Å². The molecule has 0 saturated carbocycles. The molecule has 1 aromatic carbocycles. The lowest BCUT2D eigenvalue weighted by Crippen LogP contribution is -2.20. The zero-order valence-electron chi connectivity index (χ0n) is 12.1. The Balaban J connectivity index is 2.38. The molecule has 1 saturated heterocycles. The van der Waals surface area contributed by atoms with Crippen LogP contribution in [0.5, 0.6) is 5.75 Å². The van der Waals surface area contributed by atoms with Crippen LogP contribution in [0.3, 0.4) is 0 Å². The van der Waals surface area contributed by atoms with Gasteiger partial charge in [-0.05, 0) is 30.1 Å². The number of hydrogen-bond acceptors (Lipinski definition) is 2. The first kappa shape index (κ1) is 13.6. The quantitative estimate of drug-likeness (QED) is 0.615. The van der Waals surface area contributed by atoms with E-state index < -0.39 is 9.04 Å². The number of epoxide rings is 1. The maximum Gasteiger partial charge on any atom is 0.229 e. The van der Waals surface area contributed by atoms with Gasteiger partial charge in [-0.25, -0.2) is 0 Å². The van der Waals surface area contributed by atoms with Gasteiger partial charge in [0.1, 0.15) is 5.75 Å². The minimum atomic E-state index is -1.07. The Labute approximate surface area is 112 Å². The molecule has 2 rings (SSSR count). The Hall–Kier alpha value is -0.803. The summed E-state index contributed by atoms with van der Waals surface area (Å²) in [6.45, 7) is 12.1. The van der Waals surface area contributed by atoms with Crippen LogP contribution in [0, 0.1) is 0 Å². The molecule has 1 aliphatic heterocycles. The van der Waals surface area contributed by atoms with Crippen LogP contribution in [0.4, 0.5) is 0 Å². The van der Waals surface area contributed by atoms with Crippen LogP contribution >= 0.6 is 0 Å². The summed E-state index contributed by atoms with van der Waals surface area (Å²) in [4.78, 5) is 0. The van der Waals surface area contributed by atoms with Crippen LogP contribution in [0.1, 0.15) is 31.9 Å². The zero-order chi connectivity index (χ0) is 13.3. The standard InChI is InChI=1S/C15H24O2Si/c1-15(2,3)14-11(9-12-10-16-12)7-6-8-13(14)17-18(4)5/h6-8,12,18H,9-10H2,1-5H3. The molecule has 1 fully saturated rings. The van der Waals surface area contributed by atoms with Crippen LogP contribution in [0.15, 0.2) is 18.2 Å². The van der Waals surface area contributed by atoms with Crippen molar-refractivity contribution in [2.24, 2.45) is 0 Å². The predicted molar refractivity (Wildman–Crippen MR) is 78.1 cm³/mol. The van der Waals surface area contributed by atoms with Crippen LogP contribution in [0.2, 0.25) is 13.1 Å². The zero-order valence-corrected chi connectivity index (χ0v) is 13.3. The molecule has 0 N–H and O–H groups in total. The second-order valence-corrected chi connectivity index (χ2v) is 8.70. The summed E-state index contributed by atoms with van der Waals surface area (Å²) < 4.78 is 11.5. The second-order valence-electron chi connectivity index (χ2n) is 6.37. The maximum atomic E-state index is 6.11. The van der Waals surface area contributed by atoms with E-state index in [0.29, 0.717) is 6.10 Å². The molecule has 18 heavy (non-hydrogen) atoms. The molecule has 0 radical (unpaired) electrons. The molecular formula is C15H24O2Si. The molecule has 1 heterocycles. The van der Waals surface area contributed by atoms with Gasteiger partial charge in [-0.3, -0.25) is 0 Å². The highest BCUT2D eigenvalue weighted by Crippen LogP contribution is 2.36. The SMILES string of the molecule is C[SiH](C)Oc1cccc(CC2CO2)c1C(C)(C)C. The van der Waals surface area contributed by atoms with Gasteiger partial charge in [0, 0.05) is 12.0 Å². The third-order valence-electron chi connectivity index (χ3n) is 3.08. The summed E-state index contributed by atoms with van der Waals surface area (Å²) in [5.41, 5.74) is 2.86. The van der Waals surface area contributed by atoms with Gasteiger partial charge in [0.2, 0.25) is 9.04 Å². The van der Waals surface area contributed by atoms with Crippen molar-refractivity contribution in [3.8, 4) is 5.75 Å². The van der Waals surface area contributed by atoms with Gasteiger partial charge in [-0.2, -0.15) is 0 Å². The molecule has 0 aromatic heterocycles. The Kier molecular flexibility index (Phi) is 3.83. The lowest BCUT2D eigenvalue weighted by molar-refractivity contribution is 0.405. The van der Waals surface area contributed by atoms with Gasteiger partial charge < -0.3 is 9.16 Å². The molecule has 100 valence electrons. The first-order valence-electron chi connectivity index (χ1n) is 6.78. The summed E-state index contributed by atoms with van der Waals surface area (Å²) >= 11 is 0. The third kappa shape index (κ3) is 3.36. The van der Waals surface area contributed by atoms with Crippen LogP contribution < -0.4 is 4.43 Å². The van der Waals surface area contributed by atoms with Gasteiger partial charge in [0.15, 0.2) is 0 Å². The molecule has 2 nitrogen and oxygen atoms in total. The molecule has 3 heteroatoms. The summed E-state index contributed by atoms with van der Waals surface area (Å²) in [5, 5.41) is 0. The van der Waals surface area contributed by atoms with E-state index in [1.54, 1.807) is 0 Å². The van der Waals surface area contributed by atoms with E-state index in [0.717, 1.165) is 18.8 Å². The van der Waals surface area contributed by atoms with E-state index in [-0.39, 0.29) is 5.41 Å². The highest BCUT2D eigenvalue weighted by Gasteiger charge is 2.28. The Morgan fingerprint density at radius 2 is 2.00 bits per heavy atom. The minimum absolute atomic E-state index is 0.115. The average Bonchev–Trinajstić information content (AvgIpc) is 2.98. The molecule has 0 amide bonds. The van der Waals surface area contributed by atoms with Crippen molar-refractivity contribution in [1.29, 1.82) is 0 Å². The maximum absolute atomic E-state index is 6.11. The topological polar surface area (TPSA) is 21.8 Å². The normalized spacial score (nSPS) is 19.1. The molecule has 1 aromatic rings. The van der Waals surface area contributed by atoms with E-state index >= 15 is 0 Å². The molecule has 1 atom stereocenters. The van der Waals surface area contributed by atoms with Crippen molar-refractivity contribution < 1.29 is 9.16 Å². The van der Waals surface area contributed by atoms with E-state index in [1.807, 2.05) is 0 Å². The molecular weight excluding hydrogens is 240 g/mol. The Morgan fingerprint density at radius 1 is 1.33 bits per heavy atom. The van der Waals surface area contributed by atoms with Crippen molar-refractivity contribution in [2.45, 2.75) is 51.8 Å². The summed E-state index contributed by atoms with van der Waals surface area (Å²) in [6, 6.07) is 6.45. The number of hydrogen-bond donors (Lipinski definition) is 0. The van der Waals surface area contributed by atoms with Gasteiger partial charge in [-0.15, -0.1) is 0 Å². The largest absolute Gasteiger partial charge is 0.547 e. The van der Waals surface area contributed by atoms with Crippen LogP contribution in [0.25, 0.3) is 0 Å². The molecule has 0 bridgehead atoms. The predicted octanol–water partition coefficient (Wildman–Crippen LogP) is 3.29. The monoisotopic (exact) mass is 264 g/mol. The first-order valence-corrected chi connectivity index (χ1v) is 9.56. The third-order valence-corrected chi connectivity index (χ3v) is 3.80. The minimum Gasteiger partial charge on any atom is -0.547 e.